The van der Waals surface area contributed by atoms with Crippen LogP contribution < -0.4 is 15.4 Å². The van der Waals surface area contributed by atoms with Crippen LogP contribution in [-0.4, -0.2) is 89.7 Å². The second-order valence-electron chi connectivity index (χ2n) is 6.74. The lowest BCUT2D eigenvalue weighted by Crippen LogP contribution is -2.53. The summed E-state index contributed by atoms with van der Waals surface area (Å²) in [6.07, 6.45) is -0.362. The van der Waals surface area contributed by atoms with E-state index in [2.05, 4.69) is 10.6 Å². The molecular formula is C18H28N4O6S. The number of rotatable bonds is 8. The quantitative estimate of drug-likeness (QED) is 0.522. The van der Waals surface area contributed by atoms with E-state index in [4.69, 9.17) is 9.47 Å². The fraction of sp³-hybridized carbons (Fsp3) is 0.556. The van der Waals surface area contributed by atoms with Crippen LogP contribution in [0.25, 0.3) is 0 Å². The summed E-state index contributed by atoms with van der Waals surface area (Å²) < 4.78 is 37.8. The monoisotopic (exact) mass is 428 g/mol. The number of hydrogen-bond donors (Lipinski definition) is 2. The highest BCUT2D eigenvalue weighted by molar-refractivity contribution is 7.89. The number of carbonyl (C=O) groups excluding carboxylic acids is 2. The molecular weight excluding hydrogens is 400 g/mol. The first-order chi connectivity index (χ1) is 13.8. The Balaban J connectivity index is 1.99. The molecule has 1 aliphatic rings. The van der Waals surface area contributed by atoms with E-state index in [-0.39, 0.29) is 18.0 Å². The highest BCUT2D eigenvalue weighted by Gasteiger charge is 2.35. The van der Waals surface area contributed by atoms with Crippen LogP contribution in [-0.2, 0) is 24.3 Å². The first-order valence-corrected chi connectivity index (χ1v) is 10.7. The number of amides is 2. The van der Waals surface area contributed by atoms with E-state index >= 15 is 0 Å². The molecule has 0 saturated carbocycles. The van der Waals surface area contributed by atoms with Crippen molar-refractivity contribution in [2.45, 2.75) is 17.5 Å². The molecule has 1 aromatic rings. The van der Waals surface area contributed by atoms with Gasteiger partial charge in [0.25, 0.3) is 0 Å². The molecule has 0 aliphatic carbocycles. The number of hydrogen-bond acceptors (Lipinski definition) is 7. The number of sulfonamides is 1. The zero-order chi connectivity index (χ0) is 21.4. The molecule has 2 rings (SSSR count). The minimum absolute atomic E-state index is 0.0987. The summed E-state index contributed by atoms with van der Waals surface area (Å²) in [5.74, 6) is -1.06. The van der Waals surface area contributed by atoms with Gasteiger partial charge < -0.3 is 25.0 Å². The molecule has 1 heterocycles. The Morgan fingerprint density at radius 3 is 2.48 bits per heavy atom. The molecule has 1 atom stereocenters. The zero-order valence-electron chi connectivity index (χ0n) is 16.9. The first-order valence-electron chi connectivity index (χ1n) is 9.24. The average Bonchev–Trinajstić information content (AvgIpc) is 2.71. The van der Waals surface area contributed by atoms with Gasteiger partial charge in [-0.05, 0) is 44.8 Å². The predicted molar refractivity (Wildman–Crippen MR) is 106 cm³/mol. The van der Waals surface area contributed by atoms with Crippen molar-refractivity contribution >= 4 is 21.8 Å². The van der Waals surface area contributed by atoms with E-state index in [1.165, 1.54) is 23.5 Å². The van der Waals surface area contributed by atoms with Gasteiger partial charge in [-0.2, -0.15) is 4.31 Å². The van der Waals surface area contributed by atoms with Crippen molar-refractivity contribution in [3.63, 3.8) is 0 Å². The normalized spacial score (nSPS) is 17.7. The molecule has 2 amide bonds. The maximum Gasteiger partial charge on any atom is 0.309 e. The van der Waals surface area contributed by atoms with E-state index in [1.807, 2.05) is 19.0 Å². The van der Waals surface area contributed by atoms with E-state index < -0.39 is 28.1 Å². The van der Waals surface area contributed by atoms with Gasteiger partial charge in [-0.15, -0.1) is 0 Å². The van der Waals surface area contributed by atoms with Crippen molar-refractivity contribution < 1.29 is 27.5 Å². The molecule has 1 fully saturated rings. The van der Waals surface area contributed by atoms with Crippen LogP contribution in [0.3, 0.4) is 0 Å². The average molecular weight is 429 g/mol. The summed E-state index contributed by atoms with van der Waals surface area (Å²) in [5.41, 5.74) is 0. The van der Waals surface area contributed by atoms with Gasteiger partial charge in [-0.3, -0.25) is 9.59 Å². The van der Waals surface area contributed by atoms with Crippen LogP contribution in [0.15, 0.2) is 29.2 Å². The molecule has 0 radical (unpaired) electrons. The fourth-order valence-corrected chi connectivity index (χ4v) is 4.28. The molecule has 10 nitrogen and oxygen atoms in total. The number of nitrogens with zero attached hydrogens (tertiary/aromatic N) is 2. The number of likely N-dealkylation sites (N-methyl/N-ethyl adjacent to an activating group) is 1. The number of methoxy groups -OCH3 is 1. The number of carbonyl (C=O) groups is 2. The Morgan fingerprint density at radius 1 is 1.21 bits per heavy atom. The van der Waals surface area contributed by atoms with Crippen molar-refractivity contribution in [1.29, 1.82) is 0 Å². The van der Waals surface area contributed by atoms with Crippen LogP contribution in [0, 0.1) is 0 Å². The minimum Gasteiger partial charge on any atom is -0.497 e. The van der Waals surface area contributed by atoms with Crippen LogP contribution in [0.1, 0.15) is 6.42 Å². The highest BCUT2D eigenvalue weighted by atomic mass is 32.2. The third-order valence-corrected chi connectivity index (χ3v) is 6.21. The van der Waals surface area contributed by atoms with Gasteiger partial charge in [0.2, 0.25) is 10.0 Å². The number of nitrogens with one attached hydrogen (secondary N) is 2. The Labute approximate surface area is 171 Å². The molecule has 11 heteroatoms. The van der Waals surface area contributed by atoms with E-state index in [0.29, 0.717) is 31.9 Å². The van der Waals surface area contributed by atoms with E-state index in [1.54, 1.807) is 12.1 Å². The Bertz CT molecular complexity index is 797. The molecule has 29 heavy (non-hydrogen) atoms. The second kappa shape index (κ2) is 10.5. The maximum absolute atomic E-state index is 13.0. The SMILES string of the molecule is COc1ccc(S(=O)(=O)N2CCCO[C@@H]2CNC(=O)C(=O)NCCN(C)C)cc1. The van der Waals surface area contributed by atoms with Gasteiger partial charge >= 0.3 is 11.8 Å². The number of ether oxygens (including phenoxy) is 2. The summed E-state index contributed by atoms with van der Waals surface area (Å²) in [6.45, 7) is 1.42. The molecule has 162 valence electrons. The molecule has 0 aromatic heterocycles. The highest BCUT2D eigenvalue weighted by Crippen LogP contribution is 2.23. The summed E-state index contributed by atoms with van der Waals surface area (Å²) >= 11 is 0. The summed E-state index contributed by atoms with van der Waals surface area (Å²) in [6, 6.07) is 6.03. The fourth-order valence-electron chi connectivity index (χ4n) is 2.72. The lowest BCUT2D eigenvalue weighted by molar-refractivity contribution is -0.140. The molecule has 0 bridgehead atoms. The van der Waals surface area contributed by atoms with Crippen LogP contribution in [0.2, 0.25) is 0 Å². The predicted octanol–water partition coefficient (Wildman–Crippen LogP) is -0.774. The van der Waals surface area contributed by atoms with Gasteiger partial charge in [-0.1, -0.05) is 0 Å². The van der Waals surface area contributed by atoms with Crippen LogP contribution in [0.4, 0.5) is 0 Å². The van der Waals surface area contributed by atoms with Crippen molar-refractivity contribution in [3.8, 4) is 5.75 Å². The lowest BCUT2D eigenvalue weighted by atomic mass is 10.3. The molecule has 1 aromatic carbocycles. The van der Waals surface area contributed by atoms with Gasteiger partial charge in [-0.25, -0.2) is 8.42 Å². The minimum atomic E-state index is -3.83. The molecule has 0 spiro atoms. The van der Waals surface area contributed by atoms with Crippen LogP contribution in [0.5, 0.6) is 5.75 Å². The molecule has 0 unspecified atom stereocenters. The van der Waals surface area contributed by atoms with Crippen molar-refractivity contribution in [2.24, 2.45) is 0 Å². The third kappa shape index (κ3) is 6.39. The van der Waals surface area contributed by atoms with Crippen molar-refractivity contribution in [1.82, 2.24) is 19.8 Å². The van der Waals surface area contributed by atoms with E-state index in [9.17, 15) is 18.0 Å². The van der Waals surface area contributed by atoms with E-state index in [0.717, 1.165) is 0 Å². The van der Waals surface area contributed by atoms with Gasteiger partial charge in [0.1, 0.15) is 12.0 Å². The molecule has 1 aliphatic heterocycles. The second-order valence-corrected chi connectivity index (χ2v) is 8.63. The first kappa shape index (κ1) is 23.1. The number of benzene rings is 1. The summed E-state index contributed by atoms with van der Waals surface area (Å²) in [4.78, 5) is 25.8. The van der Waals surface area contributed by atoms with Crippen molar-refractivity contribution in [3.05, 3.63) is 24.3 Å². The Morgan fingerprint density at radius 2 is 1.86 bits per heavy atom. The van der Waals surface area contributed by atoms with Crippen molar-refractivity contribution in [2.75, 3.05) is 54.0 Å². The Hall–Kier alpha value is -2.21. The smallest absolute Gasteiger partial charge is 0.309 e. The Kier molecular flexibility index (Phi) is 8.38. The largest absolute Gasteiger partial charge is 0.497 e. The zero-order valence-corrected chi connectivity index (χ0v) is 17.7. The topological polar surface area (TPSA) is 117 Å². The summed E-state index contributed by atoms with van der Waals surface area (Å²) in [5, 5.41) is 4.95. The summed E-state index contributed by atoms with van der Waals surface area (Å²) in [7, 11) is 1.37. The molecule has 1 saturated heterocycles. The van der Waals surface area contributed by atoms with Gasteiger partial charge in [0, 0.05) is 19.6 Å². The standard InChI is InChI=1S/C18H28N4O6S/c1-21(2)11-9-19-17(23)18(24)20-13-16-22(10-4-12-28-16)29(25,26)15-7-5-14(27-3)6-8-15/h5-8,16H,4,9-13H2,1-3H3,(H,19,23)(H,20,24)/t16-/m1/s1. The lowest BCUT2D eigenvalue weighted by Gasteiger charge is -2.34. The van der Waals surface area contributed by atoms with Crippen LogP contribution >= 0.6 is 0 Å². The van der Waals surface area contributed by atoms with Gasteiger partial charge in [0.15, 0.2) is 0 Å². The molecule has 2 N–H and O–H groups in total. The maximum atomic E-state index is 13.0. The van der Waals surface area contributed by atoms with Gasteiger partial charge in [0.05, 0.1) is 25.2 Å². The third-order valence-electron chi connectivity index (χ3n) is 4.31.